The third-order valence-corrected chi connectivity index (χ3v) is 2.25. The highest BCUT2D eigenvalue weighted by molar-refractivity contribution is 5.73. The fraction of sp³-hybridized carbons (Fsp3) is 0.667. The Morgan fingerprint density at radius 2 is 2.33 bits per heavy atom. The van der Waals surface area contributed by atoms with Gasteiger partial charge in [-0.15, -0.1) is 0 Å². The molecule has 0 aromatic heterocycles. The van der Waals surface area contributed by atoms with E-state index in [1.54, 1.807) is 0 Å². The Hall–Kier alpha value is -0.830. The minimum atomic E-state index is -0.911. The molecule has 1 atom stereocenters. The van der Waals surface area contributed by atoms with Crippen molar-refractivity contribution in [3.63, 3.8) is 0 Å². The van der Waals surface area contributed by atoms with Crippen LogP contribution in [0.1, 0.15) is 25.7 Å². The van der Waals surface area contributed by atoms with Crippen molar-refractivity contribution in [2.75, 3.05) is 6.61 Å². The number of hydrogen-bond acceptors (Lipinski definition) is 2. The molecule has 68 valence electrons. The predicted molar refractivity (Wildman–Crippen MR) is 44.8 cm³/mol. The first-order valence-corrected chi connectivity index (χ1v) is 4.28. The Kier molecular flexibility index (Phi) is 3.29. The molecule has 0 aromatic carbocycles. The number of aliphatic hydroxyl groups is 1. The van der Waals surface area contributed by atoms with Crippen molar-refractivity contribution < 1.29 is 15.0 Å². The second-order valence-electron chi connectivity index (χ2n) is 3.10. The summed E-state index contributed by atoms with van der Waals surface area (Å²) in [5.74, 6) is -1.57. The zero-order valence-electron chi connectivity index (χ0n) is 6.99. The van der Waals surface area contributed by atoms with E-state index in [0.29, 0.717) is 0 Å². The second kappa shape index (κ2) is 4.26. The summed E-state index contributed by atoms with van der Waals surface area (Å²) >= 11 is 0. The molecule has 0 fully saturated rings. The molecular weight excluding hydrogens is 156 g/mol. The average Bonchev–Trinajstić information content (AvgIpc) is 2.07. The van der Waals surface area contributed by atoms with Gasteiger partial charge >= 0.3 is 5.97 Å². The summed E-state index contributed by atoms with van der Waals surface area (Å²) in [6, 6.07) is 0. The van der Waals surface area contributed by atoms with E-state index in [0.717, 1.165) is 31.3 Å². The first-order valence-electron chi connectivity index (χ1n) is 4.28. The van der Waals surface area contributed by atoms with Crippen LogP contribution in [0.3, 0.4) is 0 Å². The maximum Gasteiger partial charge on any atom is 0.312 e. The zero-order valence-corrected chi connectivity index (χ0v) is 6.99. The summed E-state index contributed by atoms with van der Waals surface area (Å²) in [6.45, 7) is -0.277. The summed E-state index contributed by atoms with van der Waals surface area (Å²) in [6.07, 6.45) is 5.94. The highest BCUT2D eigenvalue weighted by Gasteiger charge is 2.21. The van der Waals surface area contributed by atoms with Crippen LogP contribution in [0.4, 0.5) is 0 Å². The van der Waals surface area contributed by atoms with E-state index in [2.05, 4.69) is 0 Å². The maximum atomic E-state index is 10.6. The lowest BCUT2D eigenvalue weighted by Crippen LogP contribution is -2.21. The quantitative estimate of drug-likeness (QED) is 0.625. The Morgan fingerprint density at radius 1 is 1.58 bits per heavy atom. The molecule has 1 aliphatic rings. The third-order valence-electron chi connectivity index (χ3n) is 2.25. The monoisotopic (exact) mass is 170 g/mol. The van der Waals surface area contributed by atoms with Gasteiger partial charge in [-0.1, -0.05) is 11.6 Å². The van der Waals surface area contributed by atoms with Gasteiger partial charge < -0.3 is 10.2 Å². The Balaban J connectivity index is 2.64. The summed E-state index contributed by atoms with van der Waals surface area (Å²) in [5.41, 5.74) is 0.899. The van der Waals surface area contributed by atoms with Crippen LogP contribution >= 0.6 is 0 Å². The normalized spacial score (nSPS) is 19.9. The molecule has 0 bridgehead atoms. The molecule has 1 unspecified atom stereocenters. The molecule has 0 spiro atoms. The van der Waals surface area contributed by atoms with Crippen LogP contribution < -0.4 is 0 Å². The molecule has 0 saturated carbocycles. The van der Waals surface area contributed by atoms with Crippen molar-refractivity contribution in [2.45, 2.75) is 25.7 Å². The molecule has 3 nitrogen and oxygen atoms in total. The standard InChI is InChI=1S/C9H14O3/c10-6-8(9(11)12)7-4-2-1-3-5-7/h4,8,10H,1-3,5-6H2,(H,11,12). The Bertz CT molecular complexity index is 196. The first kappa shape index (κ1) is 9.26. The van der Waals surface area contributed by atoms with Gasteiger partial charge in [0.15, 0.2) is 0 Å². The number of hydrogen-bond donors (Lipinski definition) is 2. The molecule has 1 rings (SSSR count). The SMILES string of the molecule is O=C(O)C(CO)C1=CCCCC1. The molecule has 0 amide bonds. The largest absolute Gasteiger partial charge is 0.481 e. The fourth-order valence-electron chi connectivity index (χ4n) is 1.53. The van der Waals surface area contributed by atoms with Crippen LogP contribution in [-0.2, 0) is 4.79 Å². The zero-order chi connectivity index (χ0) is 8.97. The number of allylic oxidation sites excluding steroid dienone is 1. The number of carbonyl (C=O) groups is 1. The summed E-state index contributed by atoms with van der Waals surface area (Å²) in [7, 11) is 0. The molecular formula is C9H14O3. The van der Waals surface area contributed by atoms with Crippen LogP contribution in [0.2, 0.25) is 0 Å². The van der Waals surface area contributed by atoms with E-state index in [9.17, 15) is 4.79 Å². The number of rotatable bonds is 3. The Labute approximate surface area is 71.7 Å². The van der Waals surface area contributed by atoms with E-state index in [-0.39, 0.29) is 6.61 Å². The van der Waals surface area contributed by atoms with Crippen LogP contribution in [-0.4, -0.2) is 22.8 Å². The van der Waals surface area contributed by atoms with Crippen LogP contribution in [0.25, 0.3) is 0 Å². The smallest absolute Gasteiger partial charge is 0.312 e. The van der Waals surface area contributed by atoms with Gasteiger partial charge in [0, 0.05) is 0 Å². The van der Waals surface area contributed by atoms with Crippen LogP contribution in [0.15, 0.2) is 11.6 Å². The van der Waals surface area contributed by atoms with E-state index >= 15 is 0 Å². The molecule has 2 N–H and O–H groups in total. The number of aliphatic hydroxyl groups excluding tert-OH is 1. The van der Waals surface area contributed by atoms with Gasteiger partial charge in [-0.25, -0.2) is 0 Å². The van der Waals surface area contributed by atoms with Crippen molar-refractivity contribution in [2.24, 2.45) is 5.92 Å². The van der Waals surface area contributed by atoms with Gasteiger partial charge in [-0.3, -0.25) is 4.79 Å². The highest BCUT2D eigenvalue weighted by Crippen LogP contribution is 2.24. The molecule has 12 heavy (non-hydrogen) atoms. The summed E-state index contributed by atoms with van der Waals surface area (Å²) in [5, 5.41) is 17.6. The lowest BCUT2D eigenvalue weighted by molar-refractivity contribution is -0.141. The maximum absolute atomic E-state index is 10.6. The predicted octanol–water partition coefficient (Wildman–Crippen LogP) is 1.18. The third kappa shape index (κ3) is 2.08. The second-order valence-corrected chi connectivity index (χ2v) is 3.10. The number of aliphatic carboxylic acids is 1. The minimum absolute atomic E-state index is 0.277. The molecule has 0 aromatic rings. The number of carboxylic acids is 1. The van der Waals surface area contributed by atoms with Crippen molar-refractivity contribution >= 4 is 5.97 Å². The summed E-state index contributed by atoms with van der Waals surface area (Å²) < 4.78 is 0. The highest BCUT2D eigenvalue weighted by atomic mass is 16.4. The molecule has 0 aliphatic heterocycles. The molecule has 0 heterocycles. The topological polar surface area (TPSA) is 57.5 Å². The number of carboxylic acid groups (broad SMARTS) is 1. The van der Waals surface area contributed by atoms with Crippen LogP contribution in [0, 0.1) is 5.92 Å². The molecule has 0 radical (unpaired) electrons. The lowest BCUT2D eigenvalue weighted by Gasteiger charge is -2.17. The molecule has 0 saturated heterocycles. The van der Waals surface area contributed by atoms with E-state index < -0.39 is 11.9 Å². The van der Waals surface area contributed by atoms with E-state index in [1.807, 2.05) is 6.08 Å². The minimum Gasteiger partial charge on any atom is -0.481 e. The van der Waals surface area contributed by atoms with Crippen molar-refractivity contribution in [3.05, 3.63) is 11.6 Å². The van der Waals surface area contributed by atoms with Gasteiger partial charge in [-0.2, -0.15) is 0 Å². The van der Waals surface area contributed by atoms with Crippen molar-refractivity contribution in [1.29, 1.82) is 0 Å². The van der Waals surface area contributed by atoms with Crippen molar-refractivity contribution in [3.8, 4) is 0 Å². The lowest BCUT2D eigenvalue weighted by atomic mass is 9.90. The fourth-order valence-corrected chi connectivity index (χ4v) is 1.53. The molecule has 3 heteroatoms. The van der Waals surface area contributed by atoms with Gasteiger partial charge in [0.05, 0.1) is 6.61 Å². The van der Waals surface area contributed by atoms with Gasteiger partial charge in [0.25, 0.3) is 0 Å². The first-order chi connectivity index (χ1) is 5.75. The Morgan fingerprint density at radius 3 is 2.75 bits per heavy atom. The van der Waals surface area contributed by atoms with Gasteiger partial charge in [0.1, 0.15) is 5.92 Å². The van der Waals surface area contributed by atoms with E-state index in [1.165, 1.54) is 0 Å². The van der Waals surface area contributed by atoms with Crippen LogP contribution in [0.5, 0.6) is 0 Å². The van der Waals surface area contributed by atoms with Crippen molar-refractivity contribution in [1.82, 2.24) is 0 Å². The van der Waals surface area contributed by atoms with Gasteiger partial charge in [-0.05, 0) is 25.7 Å². The van der Waals surface area contributed by atoms with Gasteiger partial charge in [0.2, 0.25) is 0 Å². The summed E-state index contributed by atoms with van der Waals surface area (Å²) in [4.78, 5) is 10.6. The van der Waals surface area contributed by atoms with E-state index in [4.69, 9.17) is 10.2 Å². The average molecular weight is 170 g/mol. The molecule has 1 aliphatic carbocycles.